The zero-order chi connectivity index (χ0) is 13.2. The van der Waals surface area contributed by atoms with E-state index in [4.69, 9.17) is 4.42 Å². The van der Waals surface area contributed by atoms with Crippen LogP contribution in [-0.2, 0) is 19.5 Å². The molecule has 0 saturated carbocycles. The van der Waals surface area contributed by atoms with Gasteiger partial charge < -0.3 is 14.2 Å². The Labute approximate surface area is 112 Å². The van der Waals surface area contributed by atoms with Gasteiger partial charge in [-0.3, -0.25) is 0 Å². The second-order valence-corrected chi connectivity index (χ2v) is 5.10. The van der Waals surface area contributed by atoms with Crippen molar-refractivity contribution >= 4 is 5.82 Å². The standard InChI is InChI=1S/C14H18N4O/c1-17-5-3-13-12(8-17)14(16-10-15-13)18(2)7-11-4-6-19-9-11/h4,6,9-10H,3,5,7-8H2,1-2H3. The minimum Gasteiger partial charge on any atom is -0.472 e. The first-order valence-corrected chi connectivity index (χ1v) is 6.47. The number of furan rings is 1. The molecule has 2 aromatic heterocycles. The van der Waals surface area contributed by atoms with Crippen molar-refractivity contribution in [1.29, 1.82) is 0 Å². The summed E-state index contributed by atoms with van der Waals surface area (Å²) in [7, 11) is 4.19. The highest BCUT2D eigenvalue weighted by Crippen LogP contribution is 2.25. The van der Waals surface area contributed by atoms with Crippen LogP contribution in [0.5, 0.6) is 0 Å². The van der Waals surface area contributed by atoms with Gasteiger partial charge in [0.1, 0.15) is 12.1 Å². The summed E-state index contributed by atoms with van der Waals surface area (Å²) in [6.45, 7) is 2.78. The summed E-state index contributed by atoms with van der Waals surface area (Å²) < 4.78 is 5.11. The smallest absolute Gasteiger partial charge is 0.136 e. The lowest BCUT2D eigenvalue weighted by Gasteiger charge is -2.28. The van der Waals surface area contributed by atoms with E-state index >= 15 is 0 Å². The third-order valence-electron chi connectivity index (χ3n) is 3.53. The van der Waals surface area contributed by atoms with E-state index in [-0.39, 0.29) is 0 Å². The molecule has 0 aliphatic carbocycles. The zero-order valence-corrected chi connectivity index (χ0v) is 11.3. The quantitative estimate of drug-likeness (QED) is 0.838. The Kier molecular flexibility index (Phi) is 3.21. The van der Waals surface area contributed by atoms with Crippen molar-refractivity contribution in [2.75, 3.05) is 25.5 Å². The average Bonchev–Trinajstić information content (AvgIpc) is 2.90. The molecule has 0 fully saturated rings. The topological polar surface area (TPSA) is 45.4 Å². The number of aromatic nitrogens is 2. The SMILES string of the molecule is CN1CCc2ncnc(N(C)Cc3ccoc3)c2C1. The van der Waals surface area contributed by atoms with Crippen LogP contribution in [-0.4, -0.2) is 35.5 Å². The van der Waals surface area contributed by atoms with Crippen LogP contribution in [0.2, 0.25) is 0 Å². The molecule has 1 aliphatic heterocycles. The second-order valence-electron chi connectivity index (χ2n) is 5.10. The Morgan fingerprint density at radius 1 is 1.42 bits per heavy atom. The van der Waals surface area contributed by atoms with Gasteiger partial charge in [-0.25, -0.2) is 9.97 Å². The highest BCUT2D eigenvalue weighted by Gasteiger charge is 2.20. The van der Waals surface area contributed by atoms with Crippen LogP contribution < -0.4 is 4.90 Å². The van der Waals surface area contributed by atoms with Crippen molar-refractivity contribution in [3.8, 4) is 0 Å². The Morgan fingerprint density at radius 3 is 3.11 bits per heavy atom. The van der Waals surface area contributed by atoms with E-state index in [1.165, 1.54) is 11.3 Å². The predicted octanol–water partition coefficient (Wildman–Crippen LogP) is 1.69. The molecule has 0 spiro atoms. The number of fused-ring (bicyclic) bond motifs is 1. The molecule has 0 bridgehead atoms. The maximum absolute atomic E-state index is 5.11. The molecule has 0 amide bonds. The van der Waals surface area contributed by atoms with E-state index in [2.05, 4.69) is 33.9 Å². The van der Waals surface area contributed by atoms with Gasteiger partial charge in [-0.05, 0) is 13.1 Å². The summed E-state index contributed by atoms with van der Waals surface area (Å²) in [5.74, 6) is 1.03. The molecule has 100 valence electrons. The van der Waals surface area contributed by atoms with Gasteiger partial charge in [-0.15, -0.1) is 0 Å². The number of likely N-dealkylation sites (N-methyl/N-ethyl adjacent to an activating group) is 1. The molecular weight excluding hydrogens is 240 g/mol. The first kappa shape index (κ1) is 12.2. The fraction of sp³-hybridized carbons (Fsp3) is 0.429. The molecule has 19 heavy (non-hydrogen) atoms. The molecule has 1 aliphatic rings. The number of anilines is 1. The average molecular weight is 258 g/mol. The van der Waals surface area contributed by atoms with E-state index in [0.29, 0.717) is 0 Å². The van der Waals surface area contributed by atoms with Gasteiger partial charge in [0.25, 0.3) is 0 Å². The monoisotopic (exact) mass is 258 g/mol. The summed E-state index contributed by atoms with van der Waals surface area (Å²) in [6, 6.07) is 1.98. The maximum atomic E-state index is 5.11. The molecule has 0 radical (unpaired) electrons. The lowest BCUT2D eigenvalue weighted by Crippen LogP contribution is -2.30. The van der Waals surface area contributed by atoms with Crippen LogP contribution in [0.3, 0.4) is 0 Å². The normalized spacial score (nSPS) is 15.3. The molecule has 0 atom stereocenters. The van der Waals surface area contributed by atoms with Crippen LogP contribution >= 0.6 is 0 Å². The molecule has 0 aromatic carbocycles. The molecule has 0 unspecified atom stereocenters. The Bertz CT molecular complexity index is 553. The highest BCUT2D eigenvalue weighted by molar-refractivity contribution is 5.49. The fourth-order valence-electron chi connectivity index (χ4n) is 2.52. The molecular formula is C14H18N4O. The van der Waals surface area contributed by atoms with E-state index in [1.807, 2.05) is 6.07 Å². The molecule has 0 N–H and O–H groups in total. The van der Waals surface area contributed by atoms with E-state index in [0.717, 1.165) is 37.4 Å². The van der Waals surface area contributed by atoms with Crippen molar-refractivity contribution in [1.82, 2.24) is 14.9 Å². The molecule has 3 rings (SSSR count). The highest BCUT2D eigenvalue weighted by atomic mass is 16.3. The van der Waals surface area contributed by atoms with Crippen molar-refractivity contribution < 1.29 is 4.42 Å². The van der Waals surface area contributed by atoms with Crippen LogP contribution in [0.15, 0.2) is 29.3 Å². The Hall–Kier alpha value is -1.88. The fourth-order valence-corrected chi connectivity index (χ4v) is 2.52. The summed E-state index contributed by atoms with van der Waals surface area (Å²) >= 11 is 0. The summed E-state index contributed by atoms with van der Waals surface area (Å²) in [6.07, 6.45) is 6.15. The molecule has 0 saturated heterocycles. The minimum absolute atomic E-state index is 0.795. The van der Waals surface area contributed by atoms with E-state index < -0.39 is 0 Å². The third kappa shape index (κ3) is 2.46. The van der Waals surface area contributed by atoms with Crippen LogP contribution in [0, 0.1) is 0 Å². The Balaban J connectivity index is 1.88. The Morgan fingerprint density at radius 2 is 2.32 bits per heavy atom. The van der Waals surface area contributed by atoms with Gasteiger partial charge in [0.2, 0.25) is 0 Å². The van der Waals surface area contributed by atoms with Gasteiger partial charge >= 0.3 is 0 Å². The number of nitrogens with zero attached hydrogens (tertiary/aromatic N) is 4. The van der Waals surface area contributed by atoms with Gasteiger partial charge in [0, 0.05) is 44.2 Å². The lowest BCUT2D eigenvalue weighted by molar-refractivity contribution is 0.309. The van der Waals surface area contributed by atoms with Crippen LogP contribution in [0.4, 0.5) is 5.82 Å². The first-order chi connectivity index (χ1) is 9.24. The summed E-state index contributed by atoms with van der Waals surface area (Å²) in [5, 5.41) is 0. The van der Waals surface area contributed by atoms with Gasteiger partial charge in [0.15, 0.2) is 0 Å². The van der Waals surface area contributed by atoms with Crippen molar-refractivity contribution in [3.63, 3.8) is 0 Å². The molecule has 5 nitrogen and oxygen atoms in total. The minimum atomic E-state index is 0.795. The van der Waals surface area contributed by atoms with E-state index in [9.17, 15) is 0 Å². The van der Waals surface area contributed by atoms with Crippen molar-refractivity contribution in [2.24, 2.45) is 0 Å². The first-order valence-electron chi connectivity index (χ1n) is 6.47. The number of rotatable bonds is 3. The predicted molar refractivity (Wildman–Crippen MR) is 72.9 cm³/mol. The lowest BCUT2D eigenvalue weighted by atomic mass is 10.1. The van der Waals surface area contributed by atoms with Crippen LogP contribution in [0.25, 0.3) is 0 Å². The van der Waals surface area contributed by atoms with Gasteiger partial charge in [-0.1, -0.05) is 0 Å². The third-order valence-corrected chi connectivity index (χ3v) is 3.53. The number of hydrogen-bond acceptors (Lipinski definition) is 5. The summed E-state index contributed by atoms with van der Waals surface area (Å²) in [4.78, 5) is 13.3. The van der Waals surface area contributed by atoms with Gasteiger partial charge in [-0.2, -0.15) is 0 Å². The van der Waals surface area contributed by atoms with Crippen molar-refractivity contribution in [2.45, 2.75) is 19.5 Å². The largest absolute Gasteiger partial charge is 0.472 e. The summed E-state index contributed by atoms with van der Waals surface area (Å²) in [5.41, 5.74) is 3.59. The molecule has 5 heteroatoms. The van der Waals surface area contributed by atoms with Gasteiger partial charge in [0.05, 0.1) is 18.2 Å². The van der Waals surface area contributed by atoms with Crippen LogP contribution in [0.1, 0.15) is 16.8 Å². The van der Waals surface area contributed by atoms with E-state index in [1.54, 1.807) is 18.9 Å². The second kappa shape index (κ2) is 5.01. The zero-order valence-electron chi connectivity index (χ0n) is 11.3. The number of hydrogen-bond donors (Lipinski definition) is 0. The molecule has 3 heterocycles. The van der Waals surface area contributed by atoms with Crippen molar-refractivity contribution in [3.05, 3.63) is 41.7 Å². The maximum Gasteiger partial charge on any atom is 0.136 e. The molecule has 2 aromatic rings.